The molecule has 43 heavy (non-hydrogen) atoms. The largest absolute Gasteiger partial charge is 0.444 e. The van der Waals surface area contributed by atoms with Crippen molar-refractivity contribution in [1.29, 1.82) is 0 Å². The molecule has 2 aromatic rings. The summed E-state index contributed by atoms with van der Waals surface area (Å²) >= 11 is 6.81. The molecule has 0 radical (unpaired) electrons. The number of ether oxygens (including phenoxy) is 2. The van der Waals surface area contributed by atoms with Crippen molar-refractivity contribution in [3.05, 3.63) is 68.6 Å². The molecule has 0 atom stereocenters. The molecule has 0 unspecified atom stereocenters. The number of nitrogens with zero attached hydrogens (tertiary/aromatic N) is 2. The number of benzene rings is 2. The van der Waals surface area contributed by atoms with E-state index in [1.165, 1.54) is 4.90 Å². The van der Waals surface area contributed by atoms with Crippen molar-refractivity contribution < 1.29 is 32.6 Å². The average Bonchev–Trinajstić information content (AvgIpc) is 2.81. The van der Waals surface area contributed by atoms with E-state index in [-0.39, 0.29) is 31.0 Å². The number of likely N-dealkylation sites (tertiary alicyclic amines) is 2. The Hall–Kier alpha value is -2.53. The van der Waals surface area contributed by atoms with E-state index in [0.29, 0.717) is 19.5 Å². The Morgan fingerprint density at radius 2 is 1.21 bits per heavy atom. The summed E-state index contributed by atoms with van der Waals surface area (Å²) in [7, 11) is 0. The molecule has 2 aliphatic heterocycles. The number of alkyl halides is 2. The minimum Gasteiger partial charge on any atom is -0.444 e. The van der Waals surface area contributed by atoms with Crippen LogP contribution in [0.5, 0.6) is 0 Å². The maximum absolute atomic E-state index is 13.0. The molecule has 2 aliphatic rings. The number of hydrogen-bond acceptors (Lipinski definition) is 5. The highest BCUT2D eigenvalue weighted by atomic mass is 79.9. The third-order valence-corrected chi connectivity index (χ3v) is 8.16. The van der Waals surface area contributed by atoms with Gasteiger partial charge in [0.1, 0.15) is 17.5 Å². The van der Waals surface area contributed by atoms with Gasteiger partial charge >= 0.3 is 12.2 Å². The summed E-state index contributed by atoms with van der Waals surface area (Å²) in [5, 5.41) is 0. The first kappa shape index (κ1) is 35.0. The van der Waals surface area contributed by atoms with Crippen LogP contribution in [-0.4, -0.2) is 72.1 Å². The molecule has 0 aromatic heterocycles. The van der Waals surface area contributed by atoms with Gasteiger partial charge in [-0.3, -0.25) is 0 Å². The van der Waals surface area contributed by atoms with E-state index < -0.39 is 29.1 Å². The lowest BCUT2D eigenvalue weighted by Crippen LogP contribution is -2.62. The Morgan fingerprint density at radius 1 is 0.814 bits per heavy atom. The topological polar surface area (TPSA) is 76.2 Å². The number of hydrogen-bond donors (Lipinski definition) is 0. The molecule has 2 aromatic carbocycles. The number of halogens is 4. The Morgan fingerprint density at radius 3 is 1.56 bits per heavy atom. The van der Waals surface area contributed by atoms with E-state index in [0.717, 1.165) is 26.4 Å². The molecule has 7 nitrogen and oxygen atoms in total. The van der Waals surface area contributed by atoms with Crippen LogP contribution in [0.3, 0.4) is 0 Å². The average molecular weight is 730 g/mol. The van der Waals surface area contributed by atoms with Gasteiger partial charge in [-0.1, -0.05) is 56.1 Å². The number of carbonyl (C=O) groups is 3. The molecule has 11 heteroatoms. The minimum absolute atomic E-state index is 0.253. The molecule has 2 fully saturated rings. The first-order valence-electron chi connectivity index (χ1n) is 14.1. The highest BCUT2D eigenvalue weighted by molar-refractivity contribution is 9.10. The molecule has 0 aliphatic carbocycles. The number of carbonyl (C=O) groups excluding carboxylic acids is 3. The molecular formula is C32H40Br2F2N2O5. The standard InChI is InChI=1S/C16H20BrF2NO2.C16H20BrNO3/c1-15(2,3)22-14(21)20-9-16(10-20,8-13(18)19)11-5-4-6-12(17)7-11;1-15(2,3)21-14(20)18-10-16(11-18,7-8-19)12-5-4-6-13(17)9-12/h4-7,13H,8-10H2,1-3H3;4-6,8-9H,7,10-11H2,1-3H3. The van der Waals surface area contributed by atoms with Gasteiger partial charge in [0.2, 0.25) is 6.43 Å². The van der Waals surface area contributed by atoms with Gasteiger partial charge in [0.15, 0.2) is 0 Å². The highest BCUT2D eigenvalue weighted by Crippen LogP contribution is 2.41. The van der Waals surface area contributed by atoms with E-state index in [9.17, 15) is 23.2 Å². The molecule has 0 bridgehead atoms. The van der Waals surface area contributed by atoms with Crippen molar-refractivity contribution in [3.63, 3.8) is 0 Å². The van der Waals surface area contributed by atoms with E-state index in [4.69, 9.17) is 9.47 Å². The molecule has 2 saturated heterocycles. The van der Waals surface area contributed by atoms with Crippen LogP contribution >= 0.6 is 31.9 Å². The predicted molar refractivity (Wildman–Crippen MR) is 169 cm³/mol. The first-order valence-corrected chi connectivity index (χ1v) is 15.7. The maximum Gasteiger partial charge on any atom is 0.410 e. The lowest BCUT2D eigenvalue weighted by molar-refractivity contribution is -0.110. The molecule has 2 amide bonds. The zero-order chi connectivity index (χ0) is 32.2. The summed E-state index contributed by atoms with van der Waals surface area (Å²) in [5.41, 5.74) is -0.188. The van der Waals surface area contributed by atoms with Crippen LogP contribution in [-0.2, 0) is 25.1 Å². The van der Waals surface area contributed by atoms with Crippen LogP contribution in [0.1, 0.15) is 65.5 Å². The van der Waals surface area contributed by atoms with Crippen molar-refractivity contribution in [2.24, 2.45) is 0 Å². The summed E-state index contributed by atoms with van der Waals surface area (Å²) < 4.78 is 38.4. The smallest absolute Gasteiger partial charge is 0.410 e. The van der Waals surface area contributed by atoms with Gasteiger partial charge in [-0.05, 0) is 76.9 Å². The summed E-state index contributed by atoms with van der Waals surface area (Å²) in [6.45, 7) is 12.4. The van der Waals surface area contributed by atoms with Crippen LogP contribution in [0.15, 0.2) is 57.5 Å². The molecule has 0 saturated carbocycles. The Balaban J connectivity index is 0.000000236. The van der Waals surface area contributed by atoms with Crippen molar-refractivity contribution in [2.75, 3.05) is 26.2 Å². The van der Waals surface area contributed by atoms with Gasteiger partial charge in [-0.2, -0.15) is 0 Å². The minimum atomic E-state index is -2.42. The Labute approximate surface area is 269 Å². The molecule has 0 N–H and O–H groups in total. The van der Waals surface area contributed by atoms with Crippen LogP contribution in [0.4, 0.5) is 18.4 Å². The second-order valence-corrected chi connectivity index (χ2v) is 15.1. The fourth-order valence-electron chi connectivity index (χ4n) is 5.23. The Bertz CT molecular complexity index is 1300. The Kier molecular flexibility index (Phi) is 11.1. The molecule has 0 spiro atoms. The summed E-state index contributed by atoms with van der Waals surface area (Å²) in [6, 6.07) is 15.3. The zero-order valence-electron chi connectivity index (χ0n) is 25.5. The highest BCUT2D eigenvalue weighted by Gasteiger charge is 2.49. The van der Waals surface area contributed by atoms with Crippen LogP contribution in [0.2, 0.25) is 0 Å². The summed E-state index contributed by atoms with van der Waals surface area (Å²) in [5.74, 6) is 0. The third-order valence-electron chi connectivity index (χ3n) is 7.17. The van der Waals surface area contributed by atoms with Crippen molar-refractivity contribution in [2.45, 2.75) is 82.8 Å². The number of amides is 2. The van der Waals surface area contributed by atoms with Crippen LogP contribution < -0.4 is 0 Å². The second-order valence-electron chi connectivity index (χ2n) is 13.2. The van der Waals surface area contributed by atoms with E-state index in [1.807, 2.05) is 69.3 Å². The van der Waals surface area contributed by atoms with Gasteiger partial charge in [-0.25, -0.2) is 18.4 Å². The number of rotatable bonds is 6. The monoisotopic (exact) mass is 728 g/mol. The van der Waals surface area contributed by atoms with Crippen molar-refractivity contribution in [1.82, 2.24) is 9.80 Å². The van der Waals surface area contributed by atoms with E-state index in [1.54, 1.807) is 25.7 Å². The molecular weight excluding hydrogens is 690 g/mol. The third kappa shape index (κ3) is 9.48. The molecule has 2 heterocycles. The zero-order valence-corrected chi connectivity index (χ0v) is 28.6. The fraction of sp³-hybridized carbons (Fsp3) is 0.531. The molecule has 4 rings (SSSR count). The van der Waals surface area contributed by atoms with Crippen LogP contribution in [0.25, 0.3) is 0 Å². The first-order chi connectivity index (χ1) is 19.9. The lowest BCUT2D eigenvalue weighted by atomic mass is 9.71. The van der Waals surface area contributed by atoms with Crippen LogP contribution in [0, 0.1) is 0 Å². The van der Waals surface area contributed by atoms with Gasteiger partial charge in [0, 0.05) is 58.8 Å². The lowest BCUT2D eigenvalue weighted by Gasteiger charge is -2.50. The van der Waals surface area contributed by atoms with Gasteiger partial charge in [0.25, 0.3) is 0 Å². The van der Waals surface area contributed by atoms with E-state index >= 15 is 0 Å². The normalized spacial score (nSPS) is 17.2. The van der Waals surface area contributed by atoms with E-state index in [2.05, 4.69) is 31.9 Å². The number of aldehydes is 1. The van der Waals surface area contributed by atoms with Gasteiger partial charge < -0.3 is 24.1 Å². The van der Waals surface area contributed by atoms with Crippen molar-refractivity contribution >= 4 is 50.3 Å². The predicted octanol–water partition coefficient (Wildman–Crippen LogP) is 8.12. The molecule has 236 valence electrons. The summed E-state index contributed by atoms with van der Waals surface area (Å²) in [4.78, 5) is 38.2. The maximum atomic E-state index is 13.0. The SMILES string of the molecule is CC(C)(C)OC(=O)N1CC(CC(F)F)(c2cccc(Br)c2)C1.CC(C)(C)OC(=O)N1CC(CC=O)(c2cccc(Br)c2)C1. The van der Waals surface area contributed by atoms with Gasteiger partial charge in [0.05, 0.1) is 0 Å². The van der Waals surface area contributed by atoms with Gasteiger partial charge in [-0.15, -0.1) is 0 Å². The fourth-order valence-corrected chi connectivity index (χ4v) is 6.03. The second kappa shape index (κ2) is 13.6. The summed E-state index contributed by atoms with van der Waals surface area (Å²) in [6.07, 6.45) is -2.12. The quantitative estimate of drug-likeness (QED) is 0.281. The van der Waals surface area contributed by atoms with Crippen molar-refractivity contribution in [3.8, 4) is 0 Å².